The Labute approximate surface area is 128 Å². The van der Waals surface area contributed by atoms with Crippen molar-refractivity contribution in [2.45, 2.75) is 19.4 Å². The smallest absolute Gasteiger partial charge is 0.120 e. The summed E-state index contributed by atoms with van der Waals surface area (Å²) in [6, 6.07) is 9.18. The van der Waals surface area contributed by atoms with Gasteiger partial charge >= 0.3 is 0 Å². The number of anilines is 1. The molecule has 4 heteroatoms. The number of benzene rings is 1. The number of rotatable bonds is 3. The lowest BCUT2D eigenvalue weighted by atomic mass is 9.93. The number of ether oxygens (including phenoxy) is 1. The van der Waals surface area contributed by atoms with Crippen LogP contribution in [0.1, 0.15) is 13.3 Å². The average Bonchev–Trinajstić information content (AvgIpc) is 2.56. The summed E-state index contributed by atoms with van der Waals surface area (Å²) in [5.74, 6) is 1.71. The fourth-order valence-corrected chi connectivity index (χ4v) is 3.66. The number of piperazine rings is 1. The molecule has 0 bridgehead atoms. The Morgan fingerprint density at radius 2 is 2.00 bits per heavy atom. The average molecular weight is 289 g/mol. The molecule has 0 amide bonds. The summed E-state index contributed by atoms with van der Waals surface area (Å²) >= 11 is 0. The summed E-state index contributed by atoms with van der Waals surface area (Å²) in [6.45, 7) is 9.29. The van der Waals surface area contributed by atoms with E-state index in [1.54, 1.807) is 7.11 Å². The second-order valence-corrected chi connectivity index (χ2v) is 6.26. The molecule has 21 heavy (non-hydrogen) atoms. The highest BCUT2D eigenvalue weighted by molar-refractivity contribution is 5.51. The third-order valence-electron chi connectivity index (χ3n) is 4.94. The molecular weight excluding hydrogens is 262 g/mol. The molecule has 2 aliphatic heterocycles. The van der Waals surface area contributed by atoms with Gasteiger partial charge in [0.25, 0.3) is 0 Å². The molecule has 2 heterocycles. The summed E-state index contributed by atoms with van der Waals surface area (Å²) in [5, 5.41) is 3.50. The van der Waals surface area contributed by atoms with Crippen molar-refractivity contribution >= 4 is 5.69 Å². The van der Waals surface area contributed by atoms with Gasteiger partial charge in [0.1, 0.15) is 5.75 Å². The number of hydrogen-bond acceptors (Lipinski definition) is 4. The lowest BCUT2D eigenvalue weighted by Gasteiger charge is -2.44. The van der Waals surface area contributed by atoms with E-state index in [0.29, 0.717) is 0 Å². The van der Waals surface area contributed by atoms with E-state index in [1.165, 1.54) is 38.3 Å². The highest BCUT2D eigenvalue weighted by atomic mass is 16.5. The molecule has 2 unspecified atom stereocenters. The Balaban J connectivity index is 1.59. The van der Waals surface area contributed by atoms with Crippen LogP contribution < -0.4 is 15.0 Å². The van der Waals surface area contributed by atoms with E-state index in [0.717, 1.165) is 30.8 Å². The maximum Gasteiger partial charge on any atom is 0.120 e. The molecule has 3 rings (SSSR count). The summed E-state index contributed by atoms with van der Waals surface area (Å²) in [4.78, 5) is 5.17. The fourth-order valence-electron chi connectivity index (χ4n) is 3.66. The molecule has 4 nitrogen and oxygen atoms in total. The Morgan fingerprint density at radius 3 is 2.71 bits per heavy atom. The monoisotopic (exact) mass is 289 g/mol. The fraction of sp³-hybridized carbons (Fsp3) is 0.647. The van der Waals surface area contributed by atoms with Crippen LogP contribution in [0.2, 0.25) is 0 Å². The number of nitrogens with zero attached hydrogens (tertiary/aromatic N) is 2. The normalized spacial score (nSPS) is 27.6. The lowest BCUT2D eigenvalue weighted by molar-refractivity contribution is 0.113. The molecule has 0 saturated carbocycles. The maximum atomic E-state index is 5.33. The molecule has 116 valence electrons. The Kier molecular flexibility index (Phi) is 4.66. The number of hydrogen-bond donors (Lipinski definition) is 1. The van der Waals surface area contributed by atoms with Crippen LogP contribution in [-0.4, -0.2) is 57.3 Å². The van der Waals surface area contributed by atoms with E-state index in [9.17, 15) is 0 Å². The van der Waals surface area contributed by atoms with Gasteiger partial charge in [0, 0.05) is 44.0 Å². The molecule has 1 aromatic rings. The molecular formula is C17H27N3O. The van der Waals surface area contributed by atoms with Crippen molar-refractivity contribution in [2.75, 3.05) is 51.3 Å². The molecule has 1 N–H and O–H groups in total. The molecule has 0 spiro atoms. The van der Waals surface area contributed by atoms with E-state index >= 15 is 0 Å². The van der Waals surface area contributed by atoms with E-state index in [4.69, 9.17) is 4.74 Å². The first-order valence-electron chi connectivity index (χ1n) is 8.11. The third kappa shape index (κ3) is 3.33. The van der Waals surface area contributed by atoms with Crippen LogP contribution in [0.25, 0.3) is 0 Å². The Hall–Kier alpha value is -1.26. The Bertz CT molecular complexity index is 457. The third-order valence-corrected chi connectivity index (χ3v) is 4.94. The SMILES string of the molecule is COc1cccc(N2CCN(C3CCNCC3C)CC2)c1. The van der Waals surface area contributed by atoms with Crippen LogP contribution >= 0.6 is 0 Å². The highest BCUT2D eigenvalue weighted by Gasteiger charge is 2.29. The van der Waals surface area contributed by atoms with Gasteiger partial charge in [-0.2, -0.15) is 0 Å². The van der Waals surface area contributed by atoms with Crippen LogP contribution in [0, 0.1) is 5.92 Å². The van der Waals surface area contributed by atoms with E-state index < -0.39 is 0 Å². The van der Waals surface area contributed by atoms with Gasteiger partial charge in [0.2, 0.25) is 0 Å². The molecule has 0 radical (unpaired) electrons. The van der Waals surface area contributed by atoms with Gasteiger partial charge in [-0.05, 0) is 37.6 Å². The van der Waals surface area contributed by atoms with Gasteiger partial charge in [0.05, 0.1) is 7.11 Å². The zero-order chi connectivity index (χ0) is 14.7. The van der Waals surface area contributed by atoms with Crippen molar-refractivity contribution < 1.29 is 4.74 Å². The highest BCUT2D eigenvalue weighted by Crippen LogP contribution is 2.24. The van der Waals surface area contributed by atoms with Crippen molar-refractivity contribution in [3.63, 3.8) is 0 Å². The van der Waals surface area contributed by atoms with E-state index in [1.807, 2.05) is 6.07 Å². The van der Waals surface area contributed by atoms with Gasteiger partial charge in [-0.15, -0.1) is 0 Å². The molecule has 1 aromatic carbocycles. The second kappa shape index (κ2) is 6.67. The van der Waals surface area contributed by atoms with Crippen molar-refractivity contribution in [2.24, 2.45) is 5.92 Å². The van der Waals surface area contributed by atoms with Gasteiger partial charge in [-0.25, -0.2) is 0 Å². The number of piperidine rings is 1. The Morgan fingerprint density at radius 1 is 1.19 bits per heavy atom. The number of methoxy groups -OCH3 is 1. The minimum atomic E-state index is 0.763. The first kappa shape index (κ1) is 14.7. The topological polar surface area (TPSA) is 27.7 Å². The minimum Gasteiger partial charge on any atom is -0.497 e. The first-order chi connectivity index (χ1) is 10.3. The zero-order valence-electron chi connectivity index (χ0n) is 13.2. The summed E-state index contributed by atoms with van der Waals surface area (Å²) in [5.41, 5.74) is 1.28. The van der Waals surface area contributed by atoms with Gasteiger partial charge in [-0.3, -0.25) is 4.90 Å². The second-order valence-electron chi connectivity index (χ2n) is 6.26. The summed E-state index contributed by atoms with van der Waals surface area (Å²) in [7, 11) is 1.73. The summed E-state index contributed by atoms with van der Waals surface area (Å²) in [6.07, 6.45) is 1.29. The van der Waals surface area contributed by atoms with E-state index in [-0.39, 0.29) is 0 Å². The van der Waals surface area contributed by atoms with Crippen molar-refractivity contribution in [3.05, 3.63) is 24.3 Å². The quantitative estimate of drug-likeness (QED) is 0.918. The van der Waals surface area contributed by atoms with Crippen LogP contribution in [0.3, 0.4) is 0 Å². The maximum absolute atomic E-state index is 5.33. The molecule has 0 aromatic heterocycles. The predicted molar refractivity (Wildman–Crippen MR) is 87.2 cm³/mol. The molecule has 2 atom stereocenters. The largest absolute Gasteiger partial charge is 0.497 e. The predicted octanol–water partition coefficient (Wildman–Crippen LogP) is 1.82. The molecule has 2 aliphatic rings. The number of nitrogens with one attached hydrogen (secondary N) is 1. The van der Waals surface area contributed by atoms with Crippen molar-refractivity contribution in [1.29, 1.82) is 0 Å². The molecule has 2 fully saturated rings. The van der Waals surface area contributed by atoms with Crippen LogP contribution in [0.15, 0.2) is 24.3 Å². The van der Waals surface area contributed by atoms with Gasteiger partial charge in [-0.1, -0.05) is 13.0 Å². The van der Waals surface area contributed by atoms with Crippen LogP contribution in [0.5, 0.6) is 5.75 Å². The van der Waals surface area contributed by atoms with Crippen molar-refractivity contribution in [3.8, 4) is 5.75 Å². The first-order valence-corrected chi connectivity index (χ1v) is 8.11. The van der Waals surface area contributed by atoms with Crippen LogP contribution in [-0.2, 0) is 0 Å². The van der Waals surface area contributed by atoms with E-state index in [2.05, 4.69) is 40.2 Å². The van der Waals surface area contributed by atoms with Gasteiger partial charge < -0.3 is 15.0 Å². The van der Waals surface area contributed by atoms with Crippen molar-refractivity contribution in [1.82, 2.24) is 10.2 Å². The lowest BCUT2D eigenvalue weighted by Crippen LogP contribution is -2.55. The molecule has 2 saturated heterocycles. The van der Waals surface area contributed by atoms with Crippen LogP contribution in [0.4, 0.5) is 5.69 Å². The van der Waals surface area contributed by atoms with Gasteiger partial charge in [0.15, 0.2) is 0 Å². The summed E-state index contributed by atoms with van der Waals surface area (Å²) < 4.78 is 5.33. The standard InChI is InChI=1S/C17H27N3O/c1-14-13-18-7-6-17(14)20-10-8-19(9-11-20)15-4-3-5-16(12-15)21-2/h3-5,12,14,17-18H,6-11,13H2,1-2H3. The zero-order valence-corrected chi connectivity index (χ0v) is 13.2. The minimum absolute atomic E-state index is 0.763. The molecule has 0 aliphatic carbocycles.